The van der Waals surface area contributed by atoms with Crippen LogP contribution in [0.2, 0.25) is 0 Å². The van der Waals surface area contributed by atoms with Crippen molar-refractivity contribution in [2.24, 2.45) is 0 Å². The number of ketones is 1. The number of hydrogen-bond donors (Lipinski definition) is 0. The number of carbonyl (C=O) groups excluding carboxylic acids is 1. The minimum absolute atomic E-state index is 0.160. The molecule has 0 aliphatic carbocycles. The summed E-state index contributed by atoms with van der Waals surface area (Å²) in [6, 6.07) is 7.97. The first-order valence-corrected chi connectivity index (χ1v) is 9.28. The Hall–Kier alpha value is -1.26. The highest BCUT2D eigenvalue weighted by Crippen LogP contribution is 2.33. The zero-order valence-corrected chi connectivity index (χ0v) is 13.3. The standard InChI is InChI=1S/C17H16O2S2/c18-17(16-9-13-10-20-7-5-15(13)21-16)12-3-4-14-11(8-12)2-1-6-19-14/h3-4,8-9H,1-2,5-7,10H2. The number of carbonyl (C=O) groups is 1. The second-order valence-corrected chi connectivity index (χ2v) is 7.71. The molecule has 0 fully saturated rings. The maximum absolute atomic E-state index is 12.7. The van der Waals surface area contributed by atoms with E-state index in [0.29, 0.717) is 0 Å². The molecule has 0 amide bonds. The third kappa shape index (κ3) is 2.51. The molecule has 0 bridgehead atoms. The highest BCUT2D eigenvalue weighted by molar-refractivity contribution is 7.98. The van der Waals surface area contributed by atoms with Crippen molar-refractivity contribution >= 4 is 28.9 Å². The summed E-state index contributed by atoms with van der Waals surface area (Å²) in [5.74, 6) is 3.33. The van der Waals surface area contributed by atoms with Gasteiger partial charge in [-0.15, -0.1) is 11.3 Å². The summed E-state index contributed by atoms with van der Waals surface area (Å²) in [5, 5.41) is 0. The zero-order valence-electron chi connectivity index (χ0n) is 11.7. The van der Waals surface area contributed by atoms with Crippen LogP contribution in [-0.4, -0.2) is 18.1 Å². The molecular formula is C17H16O2S2. The second-order valence-electron chi connectivity index (χ2n) is 5.47. The monoisotopic (exact) mass is 316 g/mol. The molecule has 0 spiro atoms. The fourth-order valence-electron chi connectivity index (χ4n) is 2.90. The van der Waals surface area contributed by atoms with Crippen molar-refractivity contribution < 1.29 is 9.53 Å². The van der Waals surface area contributed by atoms with Crippen LogP contribution in [-0.2, 0) is 18.6 Å². The van der Waals surface area contributed by atoms with Crippen molar-refractivity contribution in [2.45, 2.75) is 25.0 Å². The van der Waals surface area contributed by atoms with Crippen molar-refractivity contribution in [3.63, 3.8) is 0 Å². The van der Waals surface area contributed by atoms with E-state index < -0.39 is 0 Å². The van der Waals surface area contributed by atoms with Crippen LogP contribution in [0, 0.1) is 0 Å². The van der Waals surface area contributed by atoms with Gasteiger partial charge in [-0.3, -0.25) is 4.79 Å². The Morgan fingerprint density at radius 3 is 3.00 bits per heavy atom. The molecule has 108 valence electrons. The van der Waals surface area contributed by atoms with Crippen molar-refractivity contribution in [1.29, 1.82) is 0 Å². The number of fused-ring (bicyclic) bond motifs is 2. The number of rotatable bonds is 2. The van der Waals surface area contributed by atoms with Crippen molar-refractivity contribution in [3.8, 4) is 5.75 Å². The number of ether oxygens (including phenoxy) is 1. The molecule has 2 aromatic rings. The second kappa shape index (κ2) is 5.50. The molecule has 2 aliphatic rings. The minimum Gasteiger partial charge on any atom is -0.493 e. The summed E-state index contributed by atoms with van der Waals surface area (Å²) in [7, 11) is 0. The van der Waals surface area contributed by atoms with Gasteiger partial charge >= 0.3 is 0 Å². The molecule has 1 aromatic heterocycles. The van der Waals surface area contributed by atoms with Gasteiger partial charge < -0.3 is 4.74 Å². The van der Waals surface area contributed by atoms with Gasteiger partial charge in [0.15, 0.2) is 0 Å². The summed E-state index contributed by atoms with van der Waals surface area (Å²) in [6.07, 6.45) is 3.15. The van der Waals surface area contributed by atoms with Crippen LogP contribution in [0.15, 0.2) is 24.3 Å². The third-order valence-electron chi connectivity index (χ3n) is 4.02. The Labute approximate surface area is 132 Å². The molecule has 0 radical (unpaired) electrons. The van der Waals surface area contributed by atoms with Crippen LogP contribution < -0.4 is 4.74 Å². The molecule has 21 heavy (non-hydrogen) atoms. The molecule has 0 atom stereocenters. The maximum atomic E-state index is 12.7. The van der Waals surface area contributed by atoms with Crippen LogP contribution >= 0.6 is 23.1 Å². The van der Waals surface area contributed by atoms with Gasteiger partial charge in [0.05, 0.1) is 11.5 Å². The SMILES string of the molecule is O=C(c1ccc2c(c1)CCCO2)c1cc2c(s1)CCSC2. The Kier molecular flexibility index (Phi) is 3.51. The Morgan fingerprint density at radius 2 is 2.10 bits per heavy atom. The first-order chi connectivity index (χ1) is 10.3. The highest BCUT2D eigenvalue weighted by atomic mass is 32.2. The van der Waals surface area contributed by atoms with Gasteiger partial charge in [0, 0.05) is 16.2 Å². The zero-order chi connectivity index (χ0) is 14.2. The normalized spacial score (nSPS) is 16.8. The predicted octanol–water partition coefficient (Wildman–Crippen LogP) is 4.09. The molecule has 4 rings (SSSR count). The molecule has 0 saturated carbocycles. The smallest absolute Gasteiger partial charge is 0.202 e. The Bertz CT molecular complexity index is 679. The lowest BCUT2D eigenvalue weighted by Gasteiger charge is -2.17. The van der Waals surface area contributed by atoms with E-state index in [4.69, 9.17) is 4.74 Å². The van der Waals surface area contributed by atoms with E-state index >= 15 is 0 Å². The van der Waals surface area contributed by atoms with Gasteiger partial charge in [0.2, 0.25) is 5.78 Å². The Balaban J connectivity index is 1.66. The van der Waals surface area contributed by atoms with E-state index in [2.05, 4.69) is 6.07 Å². The van der Waals surface area contributed by atoms with Crippen LogP contribution in [0.3, 0.4) is 0 Å². The fourth-order valence-corrected chi connectivity index (χ4v) is 5.24. The summed E-state index contributed by atoms with van der Waals surface area (Å²) in [5.41, 5.74) is 3.33. The van der Waals surface area contributed by atoms with Gasteiger partial charge in [-0.25, -0.2) is 0 Å². The molecule has 2 aliphatic heterocycles. The van der Waals surface area contributed by atoms with Crippen molar-refractivity contribution in [3.05, 3.63) is 50.7 Å². The average Bonchev–Trinajstić information content (AvgIpc) is 2.97. The first-order valence-electron chi connectivity index (χ1n) is 7.31. The largest absolute Gasteiger partial charge is 0.493 e. The van der Waals surface area contributed by atoms with Crippen LogP contribution in [0.25, 0.3) is 0 Å². The summed E-state index contributed by atoms with van der Waals surface area (Å²) >= 11 is 3.64. The lowest BCUT2D eigenvalue weighted by Crippen LogP contribution is -2.09. The van der Waals surface area contributed by atoms with E-state index in [9.17, 15) is 4.79 Å². The number of benzene rings is 1. The first kappa shape index (κ1) is 13.4. The maximum Gasteiger partial charge on any atom is 0.202 e. The van der Waals surface area contributed by atoms with Crippen LogP contribution in [0.4, 0.5) is 0 Å². The Morgan fingerprint density at radius 1 is 1.14 bits per heavy atom. The quantitative estimate of drug-likeness (QED) is 0.781. The molecule has 3 heterocycles. The van der Waals surface area contributed by atoms with Crippen LogP contribution in [0.5, 0.6) is 5.75 Å². The number of thioether (sulfide) groups is 1. The highest BCUT2D eigenvalue weighted by Gasteiger charge is 2.20. The van der Waals surface area contributed by atoms with Crippen molar-refractivity contribution in [2.75, 3.05) is 12.4 Å². The molecule has 0 saturated heterocycles. The van der Waals surface area contributed by atoms with Gasteiger partial charge in [-0.1, -0.05) is 0 Å². The average molecular weight is 316 g/mol. The van der Waals surface area contributed by atoms with E-state index in [1.165, 1.54) is 21.8 Å². The fraction of sp³-hybridized carbons (Fsp3) is 0.353. The molecule has 4 heteroatoms. The van der Waals surface area contributed by atoms with E-state index in [0.717, 1.165) is 47.8 Å². The van der Waals surface area contributed by atoms with E-state index in [1.807, 2.05) is 30.0 Å². The van der Waals surface area contributed by atoms with Crippen LogP contribution in [0.1, 0.15) is 37.7 Å². The summed E-state index contributed by atoms with van der Waals surface area (Å²) in [4.78, 5) is 15.0. The number of thiophene rings is 1. The molecule has 0 unspecified atom stereocenters. The number of aryl methyl sites for hydroxylation is 2. The molecule has 1 aromatic carbocycles. The van der Waals surface area contributed by atoms with Gasteiger partial charge in [0.1, 0.15) is 5.75 Å². The van der Waals surface area contributed by atoms with E-state index in [1.54, 1.807) is 11.3 Å². The predicted molar refractivity (Wildman–Crippen MR) is 87.9 cm³/mol. The minimum atomic E-state index is 0.160. The van der Waals surface area contributed by atoms with Gasteiger partial charge in [0.25, 0.3) is 0 Å². The molecule has 2 nitrogen and oxygen atoms in total. The number of hydrogen-bond acceptors (Lipinski definition) is 4. The van der Waals surface area contributed by atoms with Gasteiger partial charge in [-0.05, 0) is 60.4 Å². The van der Waals surface area contributed by atoms with Crippen molar-refractivity contribution in [1.82, 2.24) is 0 Å². The topological polar surface area (TPSA) is 26.3 Å². The molecule has 0 N–H and O–H groups in total. The molecular weight excluding hydrogens is 300 g/mol. The lowest BCUT2D eigenvalue weighted by molar-refractivity contribution is 0.104. The van der Waals surface area contributed by atoms with E-state index in [-0.39, 0.29) is 5.78 Å². The van der Waals surface area contributed by atoms with Gasteiger partial charge in [-0.2, -0.15) is 11.8 Å². The lowest BCUT2D eigenvalue weighted by atomic mass is 10.0. The third-order valence-corrected chi connectivity index (χ3v) is 6.27. The summed E-state index contributed by atoms with van der Waals surface area (Å²) < 4.78 is 5.62. The summed E-state index contributed by atoms with van der Waals surface area (Å²) in [6.45, 7) is 0.787.